The third-order valence-corrected chi connectivity index (χ3v) is 4.55. The van der Waals surface area contributed by atoms with E-state index in [9.17, 15) is 19.5 Å². The summed E-state index contributed by atoms with van der Waals surface area (Å²) in [6.07, 6.45) is 2.17. The Morgan fingerprint density at radius 2 is 2.00 bits per heavy atom. The number of carbonyl (C=O) groups excluding carboxylic acids is 3. The summed E-state index contributed by atoms with van der Waals surface area (Å²) in [5, 5.41) is 15.2. The van der Waals surface area contributed by atoms with E-state index in [0.29, 0.717) is 17.5 Å². The van der Waals surface area contributed by atoms with Crippen LogP contribution in [0, 0.1) is 0 Å². The number of ether oxygens (including phenoxy) is 1. The van der Waals surface area contributed by atoms with Crippen LogP contribution in [0.4, 0.5) is 4.79 Å². The molecule has 27 heavy (non-hydrogen) atoms. The monoisotopic (exact) mass is 377 g/mol. The summed E-state index contributed by atoms with van der Waals surface area (Å²) in [7, 11) is 3.02. The molecule has 3 N–H and O–H groups in total. The number of nitrogens with zero attached hydrogens (tertiary/aromatic N) is 1. The molecule has 0 unspecified atom stereocenters. The van der Waals surface area contributed by atoms with Gasteiger partial charge in [-0.2, -0.15) is 0 Å². The highest BCUT2D eigenvalue weighted by Gasteiger charge is 2.25. The van der Waals surface area contributed by atoms with Crippen molar-refractivity contribution in [1.82, 2.24) is 15.5 Å². The molecular weight excluding hydrogens is 350 g/mol. The van der Waals surface area contributed by atoms with Gasteiger partial charge in [0.15, 0.2) is 0 Å². The van der Waals surface area contributed by atoms with E-state index >= 15 is 0 Å². The highest BCUT2D eigenvalue weighted by atomic mass is 16.6. The first-order valence-electron chi connectivity index (χ1n) is 9.07. The Kier molecular flexibility index (Phi) is 7.60. The van der Waals surface area contributed by atoms with Crippen molar-refractivity contribution in [1.29, 1.82) is 0 Å². The quantitative estimate of drug-likeness (QED) is 0.686. The van der Waals surface area contributed by atoms with Gasteiger partial charge in [0.05, 0.1) is 12.1 Å². The maximum atomic E-state index is 12.1. The van der Waals surface area contributed by atoms with Gasteiger partial charge in [-0.1, -0.05) is 25.0 Å². The van der Waals surface area contributed by atoms with E-state index in [4.69, 9.17) is 4.74 Å². The standard InChI is InChI=1S/C19H27N3O5/c1-20-18(25)14-7-5-6-13(10-14)12-27-19(26)22(2)11-17(24)21-15-8-3-4-9-16(15)23/h5-7,10,15-16,23H,3-4,8-9,11-12H2,1-2H3,(H,20,25)(H,21,24)/t15-,16-/m1/s1. The van der Waals surface area contributed by atoms with E-state index in [1.807, 2.05) is 0 Å². The Morgan fingerprint density at radius 1 is 1.26 bits per heavy atom. The lowest BCUT2D eigenvalue weighted by Gasteiger charge is -2.29. The molecule has 1 aromatic rings. The van der Waals surface area contributed by atoms with Gasteiger partial charge >= 0.3 is 6.09 Å². The molecule has 0 aliphatic heterocycles. The van der Waals surface area contributed by atoms with E-state index in [1.165, 1.54) is 11.9 Å². The predicted molar refractivity (Wildman–Crippen MR) is 99.1 cm³/mol. The Balaban J connectivity index is 1.79. The van der Waals surface area contributed by atoms with Crippen LogP contribution in [-0.2, 0) is 16.1 Å². The third kappa shape index (κ3) is 6.25. The van der Waals surface area contributed by atoms with E-state index in [1.54, 1.807) is 31.3 Å². The molecular formula is C19H27N3O5. The third-order valence-electron chi connectivity index (χ3n) is 4.55. The van der Waals surface area contributed by atoms with Crippen molar-refractivity contribution >= 4 is 17.9 Å². The molecule has 0 aromatic heterocycles. The van der Waals surface area contributed by atoms with Gasteiger partial charge in [0, 0.05) is 19.7 Å². The Hall–Kier alpha value is -2.61. The number of aliphatic hydroxyl groups excluding tert-OH is 1. The van der Waals surface area contributed by atoms with Crippen LogP contribution < -0.4 is 10.6 Å². The molecule has 0 heterocycles. The average Bonchev–Trinajstić information content (AvgIpc) is 2.67. The highest BCUT2D eigenvalue weighted by Crippen LogP contribution is 2.18. The number of amides is 3. The van der Waals surface area contributed by atoms with Crippen molar-refractivity contribution < 1.29 is 24.2 Å². The minimum atomic E-state index is -0.639. The molecule has 8 nitrogen and oxygen atoms in total. The summed E-state index contributed by atoms with van der Waals surface area (Å²) in [6.45, 7) is -0.155. The van der Waals surface area contributed by atoms with E-state index in [0.717, 1.165) is 19.3 Å². The Bertz CT molecular complexity index is 679. The number of benzene rings is 1. The molecule has 3 amide bonds. The molecule has 148 valence electrons. The maximum absolute atomic E-state index is 12.1. The maximum Gasteiger partial charge on any atom is 0.410 e. The van der Waals surface area contributed by atoms with E-state index in [-0.39, 0.29) is 31.0 Å². The second kappa shape index (κ2) is 9.91. The van der Waals surface area contributed by atoms with Crippen molar-refractivity contribution in [2.45, 2.75) is 44.4 Å². The first kappa shape index (κ1) is 20.7. The van der Waals surface area contributed by atoms with Gasteiger partial charge < -0.3 is 25.4 Å². The Labute approximate surface area is 158 Å². The zero-order valence-corrected chi connectivity index (χ0v) is 15.7. The minimum absolute atomic E-state index is 0.00301. The van der Waals surface area contributed by atoms with Crippen LogP contribution in [0.25, 0.3) is 0 Å². The fourth-order valence-electron chi connectivity index (χ4n) is 3.01. The number of carbonyl (C=O) groups is 3. The zero-order chi connectivity index (χ0) is 19.8. The van der Waals surface area contributed by atoms with Crippen molar-refractivity contribution in [3.63, 3.8) is 0 Å². The second-order valence-electron chi connectivity index (χ2n) is 6.72. The number of rotatable bonds is 6. The predicted octanol–water partition coefficient (Wildman–Crippen LogP) is 1.03. The normalized spacial score (nSPS) is 19.1. The lowest BCUT2D eigenvalue weighted by molar-refractivity contribution is -0.123. The Morgan fingerprint density at radius 3 is 2.70 bits per heavy atom. The van der Waals surface area contributed by atoms with Gasteiger partial charge in [0.25, 0.3) is 5.91 Å². The van der Waals surface area contributed by atoms with Gasteiger partial charge in [-0.25, -0.2) is 4.79 Å². The first-order valence-corrected chi connectivity index (χ1v) is 9.07. The molecule has 0 bridgehead atoms. The second-order valence-corrected chi connectivity index (χ2v) is 6.72. The number of hydrogen-bond donors (Lipinski definition) is 3. The van der Waals surface area contributed by atoms with Gasteiger partial charge in [-0.15, -0.1) is 0 Å². The largest absolute Gasteiger partial charge is 0.445 e. The highest BCUT2D eigenvalue weighted by molar-refractivity contribution is 5.94. The molecule has 2 atom stereocenters. The van der Waals surface area contributed by atoms with Crippen LogP contribution in [0.2, 0.25) is 0 Å². The van der Waals surface area contributed by atoms with Crippen molar-refractivity contribution in [2.24, 2.45) is 0 Å². The summed E-state index contributed by atoms with van der Waals surface area (Å²) < 4.78 is 5.20. The molecule has 0 saturated heterocycles. The summed E-state index contributed by atoms with van der Waals surface area (Å²) >= 11 is 0. The van der Waals surface area contributed by atoms with E-state index < -0.39 is 12.2 Å². The van der Waals surface area contributed by atoms with Crippen molar-refractivity contribution in [2.75, 3.05) is 20.6 Å². The summed E-state index contributed by atoms with van der Waals surface area (Å²) in [6, 6.07) is 6.50. The first-order chi connectivity index (χ1) is 12.9. The van der Waals surface area contributed by atoms with Gasteiger partial charge in [0.1, 0.15) is 13.2 Å². The molecule has 2 rings (SSSR count). The fraction of sp³-hybridized carbons (Fsp3) is 0.526. The van der Waals surface area contributed by atoms with Gasteiger partial charge in [0.2, 0.25) is 5.91 Å². The number of aliphatic hydroxyl groups is 1. The van der Waals surface area contributed by atoms with Crippen LogP contribution in [0.15, 0.2) is 24.3 Å². The average molecular weight is 377 g/mol. The number of nitrogens with one attached hydrogen (secondary N) is 2. The lowest BCUT2D eigenvalue weighted by atomic mass is 9.92. The molecule has 1 aliphatic carbocycles. The van der Waals surface area contributed by atoms with Crippen LogP contribution in [-0.4, -0.2) is 60.7 Å². The summed E-state index contributed by atoms with van der Waals surface area (Å²) in [5.41, 5.74) is 1.15. The molecule has 0 spiro atoms. The van der Waals surface area contributed by atoms with Crippen LogP contribution in [0.5, 0.6) is 0 Å². The minimum Gasteiger partial charge on any atom is -0.445 e. The smallest absolute Gasteiger partial charge is 0.410 e. The topological polar surface area (TPSA) is 108 Å². The van der Waals surface area contributed by atoms with Crippen LogP contribution >= 0.6 is 0 Å². The van der Waals surface area contributed by atoms with E-state index in [2.05, 4.69) is 10.6 Å². The van der Waals surface area contributed by atoms with Gasteiger partial charge in [-0.05, 0) is 30.5 Å². The molecule has 1 fully saturated rings. The molecule has 0 radical (unpaired) electrons. The molecule has 1 aromatic carbocycles. The molecule has 1 aliphatic rings. The van der Waals surface area contributed by atoms with Crippen LogP contribution in [0.3, 0.4) is 0 Å². The summed E-state index contributed by atoms with van der Waals surface area (Å²) in [5.74, 6) is -0.552. The number of hydrogen-bond acceptors (Lipinski definition) is 5. The molecule has 8 heteroatoms. The molecule has 1 saturated carbocycles. The SMILES string of the molecule is CNC(=O)c1cccc(COC(=O)N(C)CC(=O)N[C@@H]2CCCC[C@H]2O)c1. The summed E-state index contributed by atoms with van der Waals surface area (Å²) in [4.78, 5) is 37.0. The zero-order valence-electron chi connectivity index (χ0n) is 15.7. The van der Waals surface area contributed by atoms with Crippen molar-refractivity contribution in [3.05, 3.63) is 35.4 Å². The fourth-order valence-corrected chi connectivity index (χ4v) is 3.01. The van der Waals surface area contributed by atoms with Crippen molar-refractivity contribution in [3.8, 4) is 0 Å². The van der Waals surface area contributed by atoms with Gasteiger partial charge in [-0.3, -0.25) is 9.59 Å². The van der Waals surface area contributed by atoms with Crippen LogP contribution in [0.1, 0.15) is 41.6 Å². The lowest BCUT2D eigenvalue weighted by Crippen LogP contribution is -2.48. The number of likely N-dealkylation sites (N-methyl/N-ethyl adjacent to an activating group) is 1.